The summed E-state index contributed by atoms with van der Waals surface area (Å²) in [4.78, 5) is 34.9. The van der Waals surface area contributed by atoms with E-state index in [1.54, 1.807) is 12.1 Å². The first kappa shape index (κ1) is 21.9. The molecule has 0 radical (unpaired) electrons. The maximum Gasteiger partial charge on any atom is 0.269 e. The Hall–Kier alpha value is -3.42. The number of nitrogens with zero attached hydrogens (tertiary/aromatic N) is 1. The normalized spacial score (nSPS) is 11.6. The van der Waals surface area contributed by atoms with Gasteiger partial charge in [-0.1, -0.05) is 44.2 Å². The second kappa shape index (κ2) is 10.8. The first-order chi connectivity index (χ1) is 13.9. The predicted octanol–water partition coefficient (Wildman–Crippen LogP) is 2.51. The molecule has 154 valence electrons. The summed E-state index contributed by atoms with van der Waals surface area (Å²) in [5, 5.41) is 19.3. The van der Waals surface area contributed by atoms with Gasteiger partial charge in [-0.15, -0.1) is 0 Å². The Morgan fingerprint density at radius 1 is 1.00 bits per heavy atom. The van der Waals surface area contributed by atoms with Crippen LogP contribution in [0, 0.1) is 16.0 Å². The number of rotatable bonds is 10. The average molecular weight is 398 g/mol. The number of hydrogen-bond acceptors (Lipinski definition) is 5. The van der Waals surface area contributed by atoms with Crippen LogP contribution in [0.25, 0.3) is 0 Å². The van der Waals surface area contributed by atoms with Gasteiger partial charge in [0.15, 0.2) is 0 Å². The van der Waals surface area contributed by atoms with Crippen molar-refractivity contribution in [2.75, 3.05) is 18.4 Å². The number of carbonyl (C=O) groups is 2. The minimum atomic E-state index is -0.620. The highest BCUT2D eigenvalue weighted by Gasteiger charge is 2.23. The van der Waals surface area contributed by atoms with Crippen LogP contribution in [0.2, 0.25) is 0 Å². The molecule has 29 heavy (non-hydrogen) atoms. The van der Waals surface area contributed by atoms with Crippen LogP contribution in [0.15, 0.2) is 54.6 Å². The first-order valence-corrected chi connectivity index (χ1v) is 9.46. The number of benzene rings is 2. The van der Waals surface area contributed by atoms with Crippen molar-refractivity contribution in [1.29, 1.82) is 0 Å². The number of non-ortho nitro benzene ring substituents is 1. The lowest BCUT2D eigenvalue weighted by Crippen LogP contribution is -2.50. The summed E-state index contributed by atoms with van der Waals surface area (Å²) in [6.45, 7) is 4.56. The van der Waals surface area contributed by atoms with Gasteiger partial charge in [0, 0.05) is 30.9 Å². The fraction of sp³-hybridized carbons (Fsp3) is 0.333. The van der Waals surface area contributed by atoms with E-state index in [1.807, 2.05) is 44.2 Å². The van der Waals surface area contributed by atoms with Crippen LogP contribution < -0.4 is 16.0 Å². The third-order valence-corrected chi connectivity index (χ3v) is 4.30. The minimum absolute atomic E-state index is 0.0230. The molecule has 0 aromatic heterocycles. The molecule has 0 aliphatic rings. The standard InChI is InChI=1S/C21H26N4O4/c1-15(2)20(24-19(26)14-16-6-4-3-5-7-16)21(27)23-13-12-22-17-8-10-18(11-9-17)25(28)29/h3-11,15,20,22H,12-14H2,1-2H3,(H,23,27)(H,24,26)/t20-/m0/s1. The number of nitro benzene ring substituents is 1. The van der Waals surface area contributed by atoms with Crippen LogP contribution in [-0.2, 0) is 16.0 Å². The molecular formula is C21H26N4O4. The van der Waals surface area contributed by atoms with Gasteiger partial charge >= 0.3 is 0 Å². The zero-order valence-corrected chi connectivity index (χ0v) is 16.6. The van der Waals surface area contributed by atoms with Gasteiger partial charge in [0.2, 0.25) is 11.8 Å². The van der Waals surface area contributed by atoms with E-state index in [9.17, 15) is 19.7 Å². The average Bonchev–Trinajstić information content (AvgIpc) is 2.70. The summed E-state index contributed by atoms with van der Waals surface area (Å²) in [6, 6.07) is 14.8. The Balaban J connectivity index is 1.78. The van der Waals surface area contributed by atoms with Gasteiger partial charge in [-0.25, -0.2) is 0 Å². The van der Waals surface area contributed by atoms with Crippen molar-refractivity contribution in [3.63, 3.8) is 0 Å². The molecule has 0 aliphatic carbocycles. The SMILES string of the molecule is CC(C)[C@H](NC(=O)Cc1ccccc1)C(=O)NCCNc1ccc([N+](=O)[O-])cc1. The number of amides is 2. The maximum atomic E-state index is 12.5. The van der Waals surface area contributed by atoms with Crippen LogP contribution in [-0.4, -0.2) is 35.9 Å². The smallest absolute Gasteiger partial charge is 0.269 e. The second-order valence-electron chi connectivity index (χ2n) is 6.97. The zero-order valence-electron chi connectivity index (χ0n) is 16.6. The molecule has 2 amide bonds. The molecule has 2 rings (SSSR count). The molecular weight excluding hydrogens is 372 g/mol. The highest BCUT2D eigenvalue weighted by molar-refractivity contribution is 5.88. The Morgan fingerprint density at radius 3 is 2.24 bits per heavy atom. The van der Waals surface area contributed by atoms with E-state index < -0.39 is 11.0 Å². The van der Waals surface area contributed by atoms with Crippen molar-refractivity contribution in [1.82, 2.24) is 10.6 Å². The molecule has 0 heterocycles. The molecule has 0 unspecified atom stereocenters. The zero-order chi connectivity index (χ0) is 21.2. The fourth-order valence-electron chi connectivity index (χ4n) is 2.74. The number of nitrogens with one attached hydrogen (secondary N) is 3. The van der Waals surface area contributed by atoms with Crippen molar-refractivity contribution in [3.8, 4) is 0 Å². The van der Waals surface area contributed by atoms with E-state index in [1.165, 1.54) is 12.1 Å². The summed E-state index contributed by atoms with van der Waals surface area (Å²) < 4.78 is 0. The van der Waals surface area contributed by atoms with Gasteiger partial charge < -0.3 is 16.0 Å². The molecule has 8 heteroatoms. The third-order valence-electron chi connectivity index (χ3n) is 4.30. The van der Waals surface area contributed by atoms with Gasteiger partial charge in [0.05, 0.1) is 11.3 Å². The van der Waals surface area contributed by atoms with Crippen LogP contribution in [0.4, 0.5) is 11.4 Å². The highest BCUT2D eigenvalue weighted by atomic mass is 16.6. The Kier molecular flexibility index (Phi) is 8.14. The van der Waals surface area contributed by atoms with Gasteiger partial charge in [-0.3, -0.25) is 19.7 Å². The summed E-state index contributed by atoms with van der Waals surface area (Å²) >= 11 is 0. The van der Waals surface area contributed by atoms with E-state index in [0.29, 0.717) is 13.1 Å². The summed E-state index contributed by atoms with van der Waals surface area (Å²) in [5.74, 6) is -0.502. The minimum Gasteiger partial charge on any atom is -0.383 e. The van der Waals surface area contributed by atoms with Gasteiger partial charge in [-0.2, -0.15) is 0 Å². The molecule has 2 aromatic rings. The number of nitro groups is 1. The van der Waals surface area contributed by atoms with Gasteiger partial charge in [0.25, 0.3) is 5.69 Å². The molecule has 3 N–H and O–H groups in total. The third kappa shape index (κ3) is 7.25. The molecule has 8 nitrogen and oxygen atoms in total. The van der Waals surface area contributed by atoms with Crippen LogP contribution >= 0.6 is 0 Å². The highest BCUT2D eigenvalue weighted by Crippen LogP contribution is 2.14. The Bertz CT molecular complexity index is 822. The van der Waals surface area contributed by atoms with E-state index >= 15 is 0 Å². The van der Waals surface area contributed by atoms with Gasteiger partial charge in [0.1, 0.15) is 6.04 Å². The van der Waals surface area contributed by atoms with Crippen molar-refractivity contribution in [2.45, 2.75) is 26.3 Å². The maximum absolute atomic E-state index is 12.5. The lowest BCUT2D eigenvalue weighted by molar-refractivity contribution is -0.384. The fourth-order valence-corrected chi connectivity index (χ4v) is 2.74. The van der Waals surface area contributed by atoms with Crippen LogP contribution in [0.5, 0.6) is 0 Å². The van der Waals surface area contributed by atoms with E-state index in [4.69, 9.17) is 0 Å². The number of hydrogen-bond donors (Lipinski definition) is 3. The number of anilines is 1. The molecule has 0 spiro atoms. The van der Waals surface area contributed by atoms with Gasteiger partial charge in [-0.05, 0) is 23.6 Å². The van der Waals surface area contributed by atoms with Crippen molar-refractivity contribution in [2.24, 2.45) is 5.92 Å². The molecule has 1 atom stereocenters. The monoisotopic (exact) mass is 398 g/mol. The molecule has 0 aliphatic heterocycles. The van der Waals surface area contributed by atoms with Crippen molar-refractivity contribution in [3.05, 3.63) is 70.3 Å². The van der Waals surface area contributed by atoms with Crippen molar-refractivity contribution >= 4 is 23.2 Å². The summed E-state index contributed by atoms with van der Waals surface area (Å²) in [6.07, 6.45) is 0.221. The van der Waals surface area contributed by atoms with Crippen LogP contribution in [0.3, 0.4) is 0 Å². The van der Waals surface area contributed by atoms with Crippen LogP contribution in [0.1, 0.15) is 19.4 Å². The van der Waals surface area contributed by atoms with E-state index in [0.717, 1.165) is 11.3 Å². The largest absolute Gasteiger partial charge is 0.383 e. The molecule has 0 saturated carbocycles. The van der Waals surface area contributed by atoms with Crippen molar-refractivity contribution < 1.29 is 14.5 Å². The van der Waals surface area contributed by atoms with E-state index in [-0.39, 0.29) is 29.8 Å². The molecule has 0 fully saturated rings. The molecule has 0 saturated heterocycles. The first-order valence-electron chi connectivity index (χ1n) is 9.46. The Labute approximate surface area is 169 Å². The predicted molar refractivity (Wildman–Crippen MR) is 112 cm³/mol. The topological polar surface area (TPSA) is 113 Å². The lowest BCUT2D eigenvalue weighted by Gasteiger charge is -2.22. The van der Waals surface area contributed by atoms with E-state index in [2.05, 4.69) is 16.0 Å². The Morgan fingerprint density at radius 2 is 1.66 bits per heavy atom. The molecule has 2 aromatic carbocycles. The summed E-state index contributed by atoms with van der Waals surface area (Å²) in [7, 11) is 0. The quantitative estimate of drug-likeness (QED) is 0.323. The molecule has 0 bridgehead atoms. The number of carbonyl (C=O) groups excluding carboxylic acids is 2. The second-order valence-corrected chi connectivity index (χ2v) is 6.97. The summed E-state index contributed by atoms with van der Waals surface area (Å²) in [5.41, 5.74) is 1.64. The lowest BCUT2D eigenvalue weighted by atomic mass is 10.0.